The average molecular weight is 366 g/mol. The van der Waals surface area contributed by atoms with Crippen molar-refractivity contribution in [2.24, 2.45) is 7.05 Å². The van der Waals surface area contributed by atoms with Crippen LogP contribution < -0.4 is 4.90 Å². The molecule has 0 spiro atoms. The molecule has 0 atom stereocenters. The number of pyridine rings is 1. The van der Waals surface area contributed by atoms with E-state index in [4.69, 9.17) is 14.7 Å². The number of fused-ring (bicyclic) bond motifs is 1. The molecule has 0 bridgehead atoms. The van der Waals surface area contributed by atoms with Gasteiger partial charge in [0.2, 0.25) is 0 Å². The second-order valence-corrected chi connectivity index (χ2v) is 7.17. The zero-order valence-corrected chi connectivity index (χ0v) is 16.0. The van der Waals surface area contributed by atoms with E-state index in [0.29, 0.717) is 18.5 Å². The summed E-state index contributed by atoms with van der Waals surface area (Å²) < 4.78 is 7.88. The summed E-state index contributed by atoms with van der Waals surface area (Å²) in [6, 6.07) is 3.87. The molecule has 3 aromatic heterocycles. The van der Waals surface area contributed by atoms with Gasteiger partial charge in [0.15, 0.2) is 11.5 Å². The smallest absolute Gasteiger partial charge is 0.165 e. The lowest BCUT2D eigenvalue weighted by atomic mass is 9.98. The number of anilines is 1. The molecule has 0 radical (unpaired) electrons. The van der Waals surface area contributed by atoms with Gasteiger partial charge in [-0.05, 0) is 25.0 Å². The van der Waals surface area contributed by atoms with Crippen LogP contribution in [0.25, 0.3) is 22.4 Å². The highest BCUT2D eigenvalue weighted by Crippen LogP contribution is 2.26. The first-order chi connectivity index (χ1) is 13.2. The summed E-state index contributed by atoms with van der Waals surface area (Å²) in [4.78, 5) is 15.8. The molecule has 142 valence electrons. The normalized spacial score (nSPS) is 15.3. The van der Waals surface area contributed by atoms with Gasteiger partial charge < -0.3 is 9.64 Å². The molecule has 0 aromatic carbocycles. The summed E-state index contributed by atoms with van der Waals surface area (Å²) >= 11 is 0. The molecule has 7 nitrogen and oxygen atoms in total. The van der Waals surface area contributed by atoms with Crippen molar-refractivity contribution in [1.29, 1.82) is 0 Å². The second kappa shape index (κ2) is 8.00. The largest absolute Gasteiger partial charge is 0.376 e. The summed E-state index contributed by atoms with van der Waals surface area (Å²) in [6.45, 7) is 1.49. The Labute approximate surface area is 159 Å². The van der Waals surface area contributed by atoms with E-state index in [-0.39, 0.29) is 0 Å². The topological polar surface area (TPSA) is 69.0 Å². The molecule has 0 aliphatic heterocycles. The van der Waals surface area contributed by atoms with Crippen molar-refractivity contribution < 1.29 is 4.74 Å². The van der Waals surface area contributed by atoms with Crippen molar-refractivity contribution in [3.8, 4) is 11.4 Å². The highest BCUT2D eigenvalue weighted by Gasteiger charge is 2.17. The molecule has 0 unspecified atom stereocenters. The van der Waals surface area contributed by atoms with Crippen molar-refractivity contribution in [2.75, 3.05) is 25.1 Å². The molecule has 1 aliphatic carbocycles. The number of hydrogen-bond acceptors (Lipinski definition) is 6. The van der Waals surface area contributed by atoms with Gasteiger partial charge in [-0.15, -0.1) is 0 Å². The third kappa shape index (κ3) is 3.93. The molecular weight excluding hydrogens is 340 g/mol. The van der Waals surface area contributed by atoms with Crippen LogP contribution in [0.15, 0.2) is 30.7 Å². The van der Waals surface area contributed by atoms with Crippen LogP contribution in [-0.2, 0) is 11.8 Å². The van der Waals surface area contributed by atoms with E-state index in [9.17, 15) is 0 Å². The van der Waals surface area contributed by atoms with Crippen molar-refractivity contribution in [2.45, 2.75) is 38.2 Å². The van der Waals surface area contributed by atoms with Crippen molar-refractivity contribution >= 4 is 16.9 Å². The van der Waals surface area contributed by atoms with E-state index in [2.05, 4.69) is 15.0 Å². The number of likely N-dealkylation sites (N-methyl/N-ethyl adjacent to an activating group) is 1. The minimum atomic E-state index is 0.418. The lowest BCUT2D eigenvalue weighted by Gasteiger charge is -2.24. The van der Waals surface area contributed by atoms with Crippen LogP contribution in [-0.4, -0.2) is 51.0 Å². The molecule has 4 rings (SSSR count). The summed E-state index contributed by atoms with van der Waals surface area (Å²) in [6.07, 6.45) is 12.1. The Bertz CT molecular complexity index is 888. The Morgan fingerprint density at radius 1 is 1.19 bits per heavy atom. The number of hydrogen-bond donors (Lipinski definition) is 0. The molecule has 7 heteroatoms. The minimum Gasteiger partial charge on any atom is -0.376 e. The molecule has 1 aliphatic rings. The first kappa shape index (κ1) is 17.9. The van der Waals surface area contributed by atoms with Gasteiger partial charge in [-0.25, -0.2) is 9.97 Å². The molecule has 27 heavy (non-hydrogen) atoms. The van der Waals surface area contributed by atoms with E-state index in [1.807, 2.05) is 32.4 Å². The Kier molecular flexibility index (Phi) is 5.29. The molecule has 1 fully saturated rings. The molecule has 0 N–H and O–H groups in total. The zero-order chi connectivity index (χ0) is 18.6. The van der Waals surface area contributed by atoms with Crippen LogP contribution in [0.5, 0.6) is 0 Å². The average Bonchev–Trinajstić information content (AvgIpc) is 3.09. The monoisotopic (exact) mass is 366 g/mol. The first-order valence-electron chi connectivity index (χ1n) is 9.65. The summed E-state index contributed by atoms with van der Waals surface area (Å²) in [5, 5.41) is 5.32. The molecule has 3 heterocycles. The number of aromatic nitrogens is 5. The van der Waals surface area contributed by atoms with Gasteiger partial charge in [0, 0.05) is 38.6 Å². The van der Waals surface area contributed by atoms with Gasteiger partial charge >= 0.3 is 0 Å². The van der Waals surface area contributed by atoms with Gasteiger partial charge in [-0.1, -0.05) is 19.3 Å². The lowest BCUT2D eigenvalue weighted by molar-refractivity contribution is 0.0329. The lowest BCUT2D eigenvalue weighted by Crippen LogP contribution is -2.27. The summed E-state index contributed by atoms with van der Waals surface area (Å²) in [7, 11) is 3.95. The molecule has 3 aromatic rings. The fraction of sp³-hybridized carbons (Fsp3) is 0.500. The predicted octanol–water partition coefficient (Wildman–Crippen LogP) is 3.21. The van der Waals surface area contributed by atoms with Crippen LogP contribution in [0.2, 0.25) is 0 Å². The number of rotatable bonds is 6. The first-order valence-corrected chi connectivity index (χ1v) is 9.65. The summed E-state index contributed by atoms with van der Waals surface area (Å²) in [5.74, 6) is 1.54. The number of aryl methyl sites for hydroxylation is 1. The Hall–Kier alpha value is -2.54. The standard InChI is InChI=1S/C20H26N6O/c1-25(11-12-27-16-8-4-3-5-9-16)19-17-14-22-26(2)20(17)24-18(23-19)15-7-6-10-21-13-15/h6-7,10,13-14,16H,3-5,8-9,11-12H2,1-2H3. The van der Waals surface area contributed by atoms with E-state index in [0.717, 1.165) is 29.0 Å². The highest BCUT2D eigenvalue weighted by molar-refractivity contribution is 5.88. The number of nitrogens with zero attached hydrogens (tertiary/aromatic N) is 6. The van der Waals surface area contributed by atoms with Crippen LogP contribution in [0.4, 0.5) is 5.82 Å². The van der Waals surface area contributed by atoms with Gasteiger partial charge in [0.05, 0.1) is 24.3 Å². The number of ether oxygens (including phenoxy) is 1. The minimum absolute atomic E-state index is 0.418. The van der Waals surface area contributed by atoms with Gasteiger partial charge in [0.1, 0.15) is 5.82 Å². The van der Waals surface area contributed by atoms with Crippen LogP contribution in [0.1, 0.15) is 32.1 Å². The van der Waals surface area contributed by atoms with Crippen LogP contribution in [0.3, 0.4) is 0 Å². The zero-order valence-electron chi connectivity index (χ0n) is 16.0. The molecule has 0 saturated heterocycles. The van der Waals surface area contributed by atoms with Gasteiger partial charge in [-0.2, -0.15) is 5.10 Å². The van der Waals surface area contributed by atoms with E-state index in [1.165, 1.54) is 32.1 Å². The second-order valence-electron chi connectivity index (χ2n) is 7.17. The Morgan fingerprint density at radius 3 is 2.81 bits per heavy atom. The molecular formula is C20H26N6O. The summed E-state index contributed by atoms with van der Waals surface area (Å²) in [5.41, 5.74) is 1.72. The SMILES string of the molecule is CN(CCOC1CCCCC1)c1nc(-c2cccnc2)nc2c1cnn2C. The molecule has 1 saturated carbocycles. The van der Waals surface area contributed by atoms with Crippen LogP contribution >= 0.6 is 0 Å². The predicted molar refractivity (Wildman–Crippen MR) is 106 cm³/mol. The van der Waals surface area contributed by atoms with Crippen molar-refractivity contribution in [1.82, 2.24) is 24.7 Å². The fourth-order valence-corrected chi connectivity index (χ4v) is 3.62. The maximum Gasteiger partial charge on any atom is 0.165 e. The third-order valence-electron chi connectivity index (χ3n) is 5.19. The highest BCUT2D eigenvalue weighted by atomic mass is 16.5. The maximum absolute atomic E-state index is 6.09. The van der Waals surface area contributed by atoms with Crippen molar-refractivity contribution in [3.05, 3.63) is 30.7 Å². The van der Waals surface area contributed by atoms with Crippen LogP contribution in [0, 0.1) is 0 Å². The van der Waals surface area contributed by atoms with E-state index in [1.54, 1.807) is 17.1 Å². The maximum atomic E-state index is 6.09. The Morgan fingerprint density at radius 2 is 2.04 bits per heavy atom. The Balaban J connectivity index is 1.56. The van der Waals surface area contributed by atoms with Gasteiger partial charge in [0.25, 0.3) is 0 Å². The molecule has 0 amide bonds. The van der Waals surface area contributed by atoms with E-state index < -0.39 is 0 Å². The third-order valence-corrected chi connectivity index (χ3v) is 5.19. The van der Waals surface area contributed by atoms with E-state index >= 15 is 0 Å². The van der Waals surface area contributed by atoms with Crippen molar-refractivity contribution in [3.63, 3.8) is 0 Å². The van der Waals surface area contributed by atoms with Gasteiger partial charge in [-0.3, -0.25) is 9.67 Å². The quantitative estimate of drug-likeness (QED) is 0.667. The fourth-order valence-electron chi connectivity index (χ4n) is 3.62.